The second-order valence-corrected chi connectivity index (χ2v) is 2.47. The Labute approximate surface area is 80.5 Å². The summed E-state index contributed by atoms with van der Waals surface area (Å²) in [5.41, 5.74) is 0. The zero-order valence-corrected chi connectivity index (χ0v) is 7.12. The van der Waals surface area contributed by atoms with Crippen molar-refractivity contribution in [3.63, 3.8) is 0 Å². The zero-order valence-electron chi connectivity index (χ0n) is 7.12. The summed E-state index contributed by atoms with van der Waals surface area (Å²) in [5, 5.41) is 0. The lowest BCUT2D eigenvalue weighted by molar-refractivity contribution is -0.341. The summed E-state index contributed by atoms with van der Waals surface area (Å²) in [6, 6.07) is 0. The molecule has 8 heteroatoms. The van der Waals surface area contributed by atoms with Crippen LogP contribution in [0.2, 0.25) is 0 Å². The van der Waals surface area contributed by atoms with Crippen LogP contribution in [0.3, 0.4) is 0 Å². The van der Waals surface area contributed by atoms with E-state index in [4.69, 9.17) is 0 Å². The smallest absolute Gasteiger partial charge is 0.375 e. The predicted molar refractivity (Wildman–Crippen MR) is 36.4 cm³/mol. The van der Waals surface area contributed by atoms with Gasteiger partial charge in [0, 0.05) is 0 Å². The van der Waals surface area contributed by atoms with E-state index in [0.29, 0.717) is 6.08 Å². The van der Waals surface area contributed by atoms with E-state index in [0.717, 1.165) is 0 Å². The highest BCUT2D eigenvalue weighted by Gasteiger charge is 2.71. The first kappa shape index (κ1) is 14.2. The van der Waals surface area contributed by atoms with Gasteiger partial charge in [-0.25, -0.2) is 0 Å². The minimum Gasteiger partial charge on any atom is -0.375 e. The molecule has 0 atom stereocenters. The monoisotopic (exact) mass is 239 g/mol. The van der Waals surface area contributed by atoms with Crippen molar-refractivity contribution in [2.24, 2.45) is 0 Å². The fourth-order valence-corrected chi connectivity index (χ4v) is 0.558. The molecule has 0 N–H and O–H groups in total. The summed E-state index contributed by atoms with van der Waals surface area (Å²) in [7, 11) is 2.71. The molecule has 0 aliphatic heterocycles. The SMILES string of the molecule is [CH2]OC/C=C/C(F)(F)C(F)(F)C(F)(F)F. The maximum Gasteiger partial charge on any atom is 0.460 e. The van der Waals surface area contributed by atoms with Gasteiger partial charge < -0.3 is 4.74 Å². The van der Waals surface area contributed by atoms with Crippen LogP contribution < -0.4 is 0 Å². The van der Waals surface area contributed by atoms with E-state index >= 15 is 0 Å². The van der Waals surface area contributed by atoms with Gasteiger partial charge in [-0.3, -0.25) is 0 Å². The standard InChI is InChI=1S/C7H6F7O/c1-15-4-2-3-5(8,9)6(10,11)7(12,13)14/h2-3H,1,4H2/b3-2+. The molecule has 0 spiro atoms. The highest BCUT2D eigenvalue weighted by molar-refractivity contribution is 5.05. The number of halogens is 7. The molecule has 0 fully saturated rings. The molecular weight excluding hydrogens is 233 g/mol. The molecule has 0 bridgehead atoms. The molecule has 1 nitrogen and oxygen atoms in total. The molecule has 89 valence electrons. The number of ether oxygens (including phenoxy) is 1. The highest BCUT2D eigenvalue weighted by Crippen LogP contribution is 2.46. The van der Waals surface area contributed by atoms with Crippen molar-refractivity contribution in [2.75, 3.05) is 6.61 Å². The Morgan fingerprint density at radius 3 is 1.80 bits per heavy atom. The molecular formula is C7H6F7O. The van der Waals surface area contributed by atoms with Crippen molar-refractivity contribution in [3.05, 3.63) is 19.3 Å². The normalized spacial score (nSPS) is 14.9. The van der Waals surface area contributed by atoms with Crippen LogP contribution in [0.4, 0.5) is 30.7 Å². The van der Waals surface area contributed by atoms with E-state index in [9.17, 15) is 30.7 Å². The van der Waals surface area contributed by atoms with Crippen LogP contribution in [0.5, 0.6) is 0 Å². The third-order valence-electron chi connectivity index (χ3n) is 1.32. The van der Waals surface area contributed by atoms with Gasteiger partial charge in [0.1, 0.15) is 0 Å². The van der Waals surface area contributed by atoms with Gasteiger partial charge in [0.05, 0.1) is 13.7 Å². The minimum absolute atomic E-state index is 0.326. The first-order chi connectivity index (χ1) is 6.56. The Morgan fingerprint density at radius 1 is 1.00 bits per heavy atom. The Bertz CT molecular complexity index is 230. The number of allylic oxidation sites excluding steroid dienone is 1. The highest BCUT2D eigenvalue weighted by atomic mass is 19.4. The third kappa shape index (κ3) is 3.08. The van der Waals surface area contributed by atoms with Crippen LogP contribution >= 0.6 is 0 Å². The maximum absolute atomic E-state index is 12.4. The molecule has 0 unspecified atom stereocenters. The van der Waals surface area contributed by atoms with E-state index in [2.05, 4.69) is 11.8 Å². The van der Waals surface area contributed by atoms with E-state index in [1.807, 2.05) is 0 Å². The summed E-state index contributed by atoms with van der Waals surface area (Å²) in [5.74, 6) is -11.4. The molecule has 0 heterocycles. The number of rotatable bonds is 4. The molecule has 0 saturated carbocycles. The second-order valence-electron chi connectivity index (χ2n) is 2.47. The maximum atomic E-state index is 12.4. The first-order valence-corrected chi connectivity index (χ1v) is 3.43. The predicted octanol–water partition coefficient (Wildman–Crippen LogP) is 3.18. The van der Waals surface area contributed by atoms with Crippen LogP contribution in [0, 0.1) is 7.11 Å². The largest absolute Gasteiger partial charge is 0.460 e. The molecule has 0 amide bonds. The Hall–Kier alpha value is -0.790. The van der Waals surface area contributed by atoms with Crippen LogP contribution in [-0.4, -0.2) is 24.6 Å². The first-order valence-electron chi connectivity index (χ1n) is 3.43. The van der Waals surface area contributed by atoms with Crippen molar-refractivity contribution in [3.8, 4) is 0 Å². The van der Waals surface area contributed by atoms with Crippen LogP contribution in [0.25, 0.3) is 0 Å². The Kier molecular flexibility index (Phi) is 4.15. The molecule has 0 rings (SSSR count). The molecule has 0 aromatic heterocycles. The molecule has 1 radical (unpaired) electrons. The van der Waals surface area contributed by atoms with Crippen molar-refractivity contribution in [1.29, 1.82) is 0 Å². The molecule has 0 aromatic carbocycles. The van der Waals surface area contributed by atoms with Crippen molar-refractivity contribution < 1.29 is 35.5 Å². The van der Waals surface area contributed by atoms with Crippen LogP contribution in [0.1, 0.15) is 0 Å². The lowest BCUT2D eigenvalue weighted by Gasteiger charge is -2.25. The average Bonchev–Trinajstić information content (AvgIpc) is 2.02. The van der Waals surface area contributed by atoms with Crippen LogP contribution in [-0.2, 0) is 4.74 Å². The van der Waals surface area contributed by atoms with Gasteiger partial charge in [0.25, 0.3) is 0 Å². The van der Waals surface area contributed by atoms with Crippen molar-refractivity contribution in [1.82, 2.24) is 0 Å². The lowest BCUT2D eigenvalue weighted by atomic mass is 10.1. The van der Waals surface area contributed by atoms with Gasteiger partial charge in [-0.1, -0.05) is 6.08 Å². The molecule has 0 aliphatic rings. The van der Waals surface area contributed by atoms with Gasteiger partial charge in [-0.15, -0.1) is 0 Å². The van der Waals surface area contributed by atoms with E-state index in [-0.39, 0.29) is 0 Å². The van der Waals surface area contributed by atoms with Crippen molar-refractivity contribution >= 4 is 0 Å². The van der Waals surface area contributed by atoms with Gasteiger partial charge in [-0.2, -0.15) is 30.7 Å². The van der Waals surface area contributed by atoms with Crippen molar-refractivity contribution in [2.45, 2.75) is 18.0 Å². The van der Waals surface area contributed by atoms with E-state index in [1.54, 1.807) is 0 Å². The van der Waals surface area contributed by atoms with Gasteiger partial charge in [0.15, 0.2) is 0 Å². The fourth-order valence-electron chi connectivity index (χ4n) is 0.558. The number of alkyl halides is 7. The van der Waals surface area contributed by atoms with Gasteiger partial charge in [0.2, 0.25) is 0 Å². The molecule has 0 saturated heterocycles. The molecule has 0 aliphatic carbocycles. The summed E-state index contributed by atoms with van der Waals surface area (Å²) in [6.45, 7) is -0.594. The Morgan fingerprint density at radius 2 is 1.47 bits per heavy atom. The third-order valence-corrected chi connectivity index (χ3v) is 1.32. The zero-order chi connectivity index (χ0) is 12.3. The van der Waals surface area contributed by atoms with E-state index < -0.39 is 30.7 Å². The lowest BCUT2D eigenvalue weighted by Crippen LogP contribution is -2.50. The quantitative estimate of drug-likeness (QED) is 0.540. The summed E-state index contributed by atoms with van der Waals surface area (Å²) < 4.78 is 87.6. The van der Waals surface area contributed by atoms with Gasteiger partial charge >= 0.3 is 18.0 Å². The summed E-state index contributed by atoms with van der Waals surface area (Å²) >= 11 is 0. The Balaban J connectivity index is 4.85. The second kappa shape index (κ2) is 4.38. The average molecular weight is 239 g/mol. The molecule has 0 aromatic rings. The van der Waals surface area contributed by atoms with Crippen LogP contribution in [0.15, 0.2) is 12.2 Å². The topological polar surface area (TPSA) is 9.23 Å². The minimum atomic E-state index is -6.31. The summed E-state index contributed by atoms with van der Waals surface area (Å²) in [6.07, 6.45) is -6.55. The number of hydrogen-bond acceptors (Lipinski definition) is 1. The van der Waals surface area contributed by atoms with Gasteiger partial charge in [-0.05, 0) is 6.08 Å². The summed E-state index contributed by atoms with van der Waals surface area (Å²) in [4.78, 5) is 0. The van der Waals surface area contributed by atoms with E-state index in [1.165, 1.54) is 0 Å². The number of hydrogen-bond donors (Lipinski definition) is 0. The molecule has 15 heavy (non-hydrogen) atoms. The fraction of sp³-hybridized carbons (Fsp3) is 0.571.